The first kappa shape index (κ1) is 17.6. The van der Waals surface area contributed by atoms with Crippen LogP contribution in [0.4, 0.5) is 5.69 Å². The molecule has 1 N–H and O–H groups in total. The molecule has 1 heterocycles. The van der Waals surface area contributed by atoms with Crippen molar-refractivity contribution in [3.8, 4) is 5.75 Å². The molecule has 1 aromatic heterocycles. The molecule has 0 radical (unpaired) electrons. The van der Waals surface area contributed by atoms with E-state index in [1.807, 2.05) is 26.8 Å². The summed E-state index contributed by atoms with van der Waals surface area (Å²) in [7, 11) is 1.55. The molecule has 5 nitrogen and oxygen atoms in total. The lowest BCUT2D eigenvalue weighted by Gasteiger charge is -2.14. The Morgan fingerprint density at radius 1 is 1.30 bits per heavy atom. The third-order valence-corrected chi connectivity index (χ3v) is 4.28. The Kier molecular flexibility index (Phi) is 5.85. The van der Waals surface area contributed by atoms with E-state index in [9.17, 15) is 4.79 Å². The molecule has 23 heavy (non-hydrogen) atoms. The van der Waals surface area contributed by atoms with Crippen LogP contribution in [0.5, 0.6) is 5.75 Å². The van der Waals surface area contributed by atoms with Crippen molar-refractivity contribution < 1.29 is 9.53 Å². The van der Waals surface area contributed by atoms with Crippen LogP contribution >= 0.6 is 23.4 Å². The molecular weight excluding hydrogens is 334 g/mol. The smallest absolute Gasteiger partial charge is 0.237 e. The van der Waals surface area contributed by atoms with Gasteiger partial charge in [-0.2, -0.15) is 0 Å². The number of benzene rings is 1. The van der Waals surface area contributed by atoms with Gasteiger partial charge in [0.1, 0.15) is 16.6 Å². The topological polar surface area (TPSA) is 64.1 Å². The highest BCUT2D eigenvalue weighted by Crippen LogP contribution is 2.29. The molecule has 1 unspecified atom stereocenters. The van der Waals surface area contributed by atoms with Crippen LogP contribution in [0.15, 0.2) is 29.3 Å². The van der Waals surface area contributed by atoms with Gasteiger partial charge in [-0.05, 0) is 45.0 Å². The first-order chi connectivity index (χ1) is 10.9. The van der Waals surface area contributed by atoms with Gasteiger partial charge in [0.05, 0.1) is 18.0 Å². The number of amides is 1. The predicted octanol–water partition coefficient (Wildman–Crippen LogP) is 3.87. The number of carbonyl (C=O) groups excluding carboxylic acids is 1. The van der Waals surface area contributed by atoms with Crippen molar-refractivity contribution in [1.29, 1.82) is 0 Å². The number of hydrogen-bond acceptors (Lipinski definition) is 5. The van der Waals surface area contributed by atoms with Gasteiger partial charge in [-0.1, -0.05) is 23.4 Å². The molecule has 0 aliphatic carbocycles. The molecule has 2 aromatic rings. The van der Waals surface area contributed by atoms with E-state index in [1.54, 1.807) is 25.3 Å². The predicted molar refractivity (Wildman–Crippen MR) is 93.5 cm³/mol. The van der Waals surface area contributed by atoms with E-state index >= 15 is 0 Å². The molecule has 0 aliphatic heterocycles. The third-order valence-electron chi connectivity index (χ3n) is 3.03. The number of ether oxygens (including phenoxy) is 1. The number of nitrogens with zero attached hydrogens (tertiary/aromatic N) is 2. The summed E-state index contributed by atoms with van der Waals surface area (Å²) in [6.07, 6.45) is 0. The highest BCUT2D eigenvalue weighted by atomic mass is 35.5. The summed E-state index contributed by atoms with van der Waals surface area (Å²) in [4.78, 5) is 21.0. The van der Waals surface area contributed by atoms with E-state index in [2.05, 4.69) is 15.3 Å². The van der Waals surface area contributed by atoms with Crippen molar-refractivity contribution in [3.05, 3.63) is 40.8 Å². The second-order valence-electron chi connectivity index (χ2n) is 4.99. The molecular formula is C16H18ClN3O2S. The minimum Gasteiger partial charge on any atom is -0.495 e. The summed E-state index contributed by atoms with van der Waals surface area (Å²) in [6.45, 7) is 5.56. The molecule has 7 heteroatoms. The lowest BCUT2D eigenvalue weighted by molar-refractivity contribution is -0.115. The zero-order chi connectivity index (χ0) is 17.0. The van der Waals surface area contributed by atoms with E-state index in [0.717, 1.165) is 10.7 Å². The Morgan fingerprint density at radius 2 is 2.04 bits per heavy atom. The van der Waals surface area contributed by atoms with Crippen LogP contribution in [-0.4, -0.2) is 28.2 Å². The molecule has 0 bridgehead atoms. The molecule has 0 spiro atoms. The fourth-order valence-corrected chi connectivity index (χ4v) is 3.11. The van der Waals surface area contributed by atoms with E-state index in [-0.39, 0.29) is 11.2 Å². The fraction of sp³-hybridized carbons (Fsp3) is 0.312. The van der Waals surface area contributed by atoms with Crippen LogP contribution in [0.25, 0.3) is 0 Å². The number of aryl methyl sites for hydroxylation is 2. The number of carbonyl (C=O) groups is 1. The SMILES string of the molecule is COc1ccc(Cl)cc1NC(=O)C(C)Sc1cc(C)nc(C)n1. The van der Waals surface area contributed by atoms with Gasteiger partial charge < -0.3 is 10.1 Å². The van der Waals surface area contributed by atoms with Crippen molar-refractivity contribution in [3.63, 3.8) is 0 Å². The lowest BCUT2D eigenvalue weighted by atomic mass is 10.3. The maximum Gasteiger partial charge on any atom is 0.237 e. The Balaban J connectivity index is 2.09. The van der Waals surface area contributed by atoms with Crippen molar-refractivity contribution >= 4 is 35.0 Å². The quantitative estimate of drug-likeness (QED) is 0.654. The van der Waals surface area contributed by atoms with Crippen LogP contribution in [0.2, 0.25) is 5.02 Å². The molecule has 1 amide bonds. The fourth-order valence-electron chi connectivity index (χ4n) is 1.99. The minimum atomic E-state index is -0.326. The molecule has 0 saturated heterocycles. The second-order valence-corrected chi connectivity index (χ2v) is 6.79. The first-order valence-electron chi connectivity index (χ1n) is 7.02. The number of methoxy groups -OCH3 is 1. The summed E-state index contributed by atoms with van der Waals surface area (Å²) in [5.41, 5.74) is 1.43. The Hall–Kier alpha value is -1.79. The Morgan fingerprint density at radius 3 is 2.70 bits per heavy atom. The van der Waals surface area contributed by atoms with Gasteiger partial charge in [-0.25, -0.2) is 9.97 Å². The van der Waals surface area contributed by atoms with Gasteiger partial charge >= 0.3 is 0 Å². The van der Waals surface area contributed by atoms with E-state index < -0.39 is 0 Å². The van der Waals surface area contributed by atoms with Crippen molar-refractivity contribution in [2.45, 2.75) is 31.0 Å². The van der Waals surface area contributed by atoms with Crippen LogP contribution in [0, 0.1) is 13.8 Å². The van der Waals surface area contributed by atoms with Crippen LogP contribution < -0.4 is 10.1 Å². The van der Waals surface area contributed by atoms with Gasteiger partial charge in [0.15, 0.2) is 0 Å². The molecule has 2 rings (SSSR count). The summed E-state index contributed by atoms with van der Waals surface area (Å²) >= 11 is 7.35. The highest BCUT2D eigenvalue weighted by molar-refractivity contribution is 8.00. The molecule has 1 atom stereocenters. The monoisotopic (exact) mass is 351 g/mol. The first-order valence-corrected chi connectivity index (χ1v) is 8.28. The Bertz CT molecular complexity index is 704. The van der Waals surface area contributed by atoms with Gasteiger partial charge in [-0.3, -0.25) is 4.79 Å². The van der Waals surface area contributed by atoms with E-state index in [4.69, 9.17) is 16.3 Å². The number of hydrogen-bond donors (Lipinski definition) is 1. The lowest BCUT2D eigenvalue weighted by Crippen LogP contribution is -2.23. The molecule has 122 valence electrons. The summed E-state index contributed by atoms with van der Waals surface area (Å²) in [5, 5.41) is 3.82. The van der Waals surface area contributed by atoms with E-state index in [1.165, 1.54) is 11.8 Å². The van der Waals surface area contributed by atoms with Crippen LogP contribution in [0.3, 0.4) is 0 Å². The number of nitrogens with one attached hydrogen (secondary N) is 1. The minimum absolute atomic E-state index is 0.149. The summed E-state index contributed by atoms with van der Waals surface area (Å²) < 4.78 is 5.23. The van der Waals surface area contributed by atoms with Gasteiger partial charge in [0, 0.05) is 10.7 Å². The normalized spacial score (nSPS) is 11.9. The van der Waals surface area contributed by atoms with Crippen LogP contribution in [0.1, 0.15) is 18.4 Å². The van der Waals surface area contributed by atoms with Crippen molar-refractivity contribution in [1.82, 2.24) is 9.97 Å². The zero-order valence-electron chi connectivity index (χ0n) is 13.4. The average Bonchev–Trinajstić information content (AvgIpc) is 2.46. The van der Waals surface area contributed by atoms with Crippen molar-refractivity contribution in [2.75, 3.05) is 12.4 Å². The maximum absolute atomic E-state index is 12.4. The summed E-state index contributed by atoms with van der Waals surface area (Å²) in [6, 6.07) is 6.95. The standard InChI is InChI=1S/C16H18ClN3O2S/c1-9-7-15(19-11(3)18-9)23-10(2)16(21)20-13-8-12(17)5-6-14(13)22-4/h5-8,10H,1-4H3,(H,20,21). The molecule has 1 aromatic carbocycles. The van der Waals surface area contributed by atoms with Gasteiger partial charge in [0.2, 0.25) is 5.91 Å². The number of rotatable bonds is 5. The Labute approximate surface area is 144 Å². The molecule has 0 saturated carbocycles. The number of thioether (sulfide) groups is 1. The molecule has 0 fully saturated rings. The molecule has 0 aliphatic rings. The van der Waals surface area contributed by atoms with E-state index in [0.29, 0.717) is 22.3 Å². The number of aromatic nitrogens is 2. The van der Waals surface area contributed by atoms with Gasteiger partial charge in [0.25, 0.3) is 0 Å². The third kappa shape index (κ3) is 4.84. The summed E-state index contributed by atoms with van der Waals surface area (Å²) in [5.74, 6) is 1.11. The number of anilines is 1. The van der Waals surface area contributed by atoms with Gasteiger partial charge in [-0.15, -0.1) is 0 Å². The average molecular weight is 352 g/mol. The van der Waals surface area contributed by atoms with Crippen LogP contribution in [-0.2, 0) is 4.79 Å². The zero-order valence-corrected chi connectivity index (χ0v) is 15.0. The maximum atomic E-state index is 12.4. The largest absolute Gasteiger partial charge is 0.495 e. The second kappa shape index (κ2) is 7.66. The van der Waals surface area contributed by atoms with Crippen molar-refractivity contribution in [2.24, 2.45) is 0 Å². The highest BCUT2D eigenvalue weighted by Gasteiger charge is 2.17. The number of halogens is 1.